The van der Waals surface area contributed by atoms with Gasteiger partial charge < -0.3 is 9.67 Å². The number of aromatic nitrogens is 1. The smallest absolute Gasteiger partial charge is 0.337 e. The van der Waals surface area contributed by atoms with Gasteiger partial charge in [0.05, 0.1) is 5.56 Å². The number of aromatic carboxylic acids is 1. The SMILES string of the molecule is Cn1cc(C(=O)O)c2ccccc21.F.FF.FF.FF.FF.FF.FF.FF.FF.FF.FF.FF.FF.FF.FF.FF.FF.FF.FF.FF.FF. The largest absolute Gasteiger partial charge is 0.478 e. The van der Waals surface area contributed by atoms with E-state index >= 15 is 0 Å². The Kier molecular flexibility index (Phi) is 1140. The number of nitrogens with zero attached hydrogens (tertiary/aromatic N) is 1. The monoisotopic (exact) mass is 955 g/mol. The van der Waals surface area contributed by atoms with Gasteiger partial charge in [-0.25, -0.2) is 4.79 Å². The average molecular weight is 955 g/mol. The van der Waals surface area contributed by atoms with Crippen LogP contribution in [0.2, 0.25) is 0 Å². The molecule has 2 aromatic rings. The van der Waals surface area contributed by atoms with Crippen molar-refractivity contribution in [3.8, 4) is 0 Å². The van der Waals surface area contributed by atoms with Crippen molar-refractivity contribution in [2.45, 2.75) is 0 Å². The molecule has 0 bridgehead atoms. The van der Waals surface area contributed by atoms with Gasteiger partial charge in [-0.3, -0.25) is 4.70 Å². The Morgan fingerprint density at radius 3 is 0.722 bits per heavy atom. The predicted octanol–water partition coefficient (Wildman–Crippen LogP) is 18.8. The van der Waals surface area contributed by atoms with E-state index in [9.17, 15) is 4.79 Å². The summed E-state index contributed by atoms with van der Waals surface area (Å²) in [5.74, 6) is -0.878. The Morgan fingerprint density at radius 2 is 0.556 bits per heavy atom. The lowest BCUT2D eigenvalue weighted by atomic mass is 10.2. The van der Waals surface area contributed by atoms with Crippen molar-refractivity contribution in [1.29, 1.82) is 0 Å². The number of fused-ring (bicyclic) bond motifs is 1. The molecule has 0 aliphatic heterocycles. The molecule has 0 spiro atoms. The van der Waals surface area contributed by atoms with E-state index < -0.39 is 5.97 Å². The molecular formula is C10H10F41NO2. The van der Waals surface area contributed by atoms with Crippen LogP contribution >= 0.6 is 0 Å². The van der Waals surface area contributed by atoms with Gasteiger partial charge in [0.25, 0.3) is 0 Å². The van der Waals surface area contributed by atoms with Crippen molar-refractivity contribution in [2.75, 3.05) is 0 Å². The fourth-order valence-electron chi connectivity index (χ4n) is 1.51. The van der Waals surface area contributed by atoms with Gasteiger partial charge in [-0.1, -0.05) is 18.2 Å². The molecule has 44 heteroatoms. The number of para-hydroxylation sites is 1. The van der Waals surface area contributed by atoms with Crippen LogP contribution in [0.15, 0.2) is 30.5 Å². The first kappa shape index (κ1) is 134. The van der Waals surface area contributed by atoms with E-state index in [0.29, 0.717) is 5.56 Å². The summed E-state index contributed by atoms with van der Waals surface area (Å²) in [6, 6.07) is 7.46. The van der Waals surface area contributed by atoms with Gasteiger partial charge in [0.15, 0.2) is 0 Å². The minimum Gasteiger partial charge on any atom is -0.478 e. The molecule has 0 saturated carbocycles. The van der Waals surface area contributed by atoms with Gasteiger partial charge in [0, 0.05) is 207 Å². The summed E-state index contributed by atoms with van der Waals surface area (Å²) in [7, 11) is 1.84. The molecule has 0 fully saturated rings. The van der Waals surface area contributed by atoms with E-state index in [1.54, 1.807) is 6.20 Å². The van der Waals surface area contributed by atoms with E-state index in [-0.39, 0.29) is 4.70 Å². The highest BCUT2D eigenvalue weighted by Crippen LogP contribution is 2.19. The van der Waals surface area contributed by atoms with Crippen LogP contribution in [0.1, 0.15) is 10.4 Å². The molecule has 0 aliphatic carbocycles. The van der Waals surface area contributed by atoms with Crippen LogP contribution in [0.25, 0.3) is 10.9 Å². The van der Waals surface area contributed by atoms with E-state index in [1.807, 2.05) is 35.9 Å². The van der Waals surface area contributed by atoms with Crippen molar-refractivity contribution >= 4 is 16.9 Å². The number of carboxylic acid groups (broad SMARTS) is 1. The fourth-order valence-corrected chi connectivity index (χ4v) is 1.51. The van der Waals surface area contributed by atoms with E-state index in [0.717, 1.165) is 10.9 Å². The number of hydrogen-bond acceptors (Lipinski definition) is 1. The molecule has 0 radical (unpaired) electrons. The van der Waals surface area contributed by atoms with Crippen LogP contribution < -0.4 is 0 Å². The summed E-state index contributed by atoms with van der Waals surface area (Å²) < 4.78 is 322. The summed E-state index contributed by atoms with van der Waals surface area (Å²) in [6.45, 7) is 0. The number of aryl methyl sites for hydroxylation is 1. The maximum absolute atomic E-state index is 10.8. The predicted molar refractivity (Wildman–Crippen MR) is 96.7 cm³/mol. The topological polar surface area (TPSA) is 42.2 Å². The third kappa shape index (κ3) is 204. The number of carbonyl (C=O) groups is 1. The minimum atomic E-state index is -0.878. The average Bonchev–Trinajstić information content (AvgIpc) is 3.70. The second-order valence-electron chi connectivity index (χ2n) is 2.98. The third-order valence-electron chi connectivity index (χ3n) is 2.13. The Labute approximate surface area is 264 Å². The highest BCUT2D eigenvalue weighted by atomic mass is 20.0. The van der Waals surface area contributed by atoms with Gasteiger partial charge in [-0.15, -0.1) is 0 Å². The third-order valence-corrected chi connectivity index (χ3v) is 2.13. The molecule has 1 aromatic heterocycles. The second-order valence-corrected chi connectivity index (χ2v) is 2.98. The highest BCUT2D eigenvalue weighted by molar-refractivity contribution is 6.03. The molecule has 54 heavy (non-hydrogen) atoms. The molecule has 0 unspecified atom stereocenters. The summed E-state index contributed by atoms with van der Waals surface area (Å²) in [5, 5.41) is 9.67. The van der Waals surface area contributed by atoms with Crippen LogP contribution in [0.4, 0.5) is 188 Å². The summed E-state index contributed by atoms with van der Waals surface area (Å²) in [5.41, 5.74) is 1.30. The van der Waals surface area contributed by atoms with Crippen LogP contribution in [0.5, 0.6) is 0 Å². The van der Waals surface area contributed by atoms with Crippen LogP contribution in [0, 0.1) is 0 Å². The first-order valence-corrected chi connectivity index (χ1v) is 6.83. The summed E-state index contributed by atoms with van der Waals surface area (Å²) in [6.07, 6.45) is 1.63. The zero-order chi connectivity index (χ0) is 49.4. The van der Waals surface area contributed by atoms with E-state index in [4.69, 9.17) is 188 Å². The molecular weight excluding hydrogens is 945 g/mol. The van der Waals surface area contributed by atoms with Gasteiger partial charge in [0.2, 0.25) is 0 Å². The first-order valence-electron chi connectivity index (χ1n) is 6.83. The van der Waals surface area contributed by atoms with Gasteiger partial charge >= 0.3 is 5.97 Å². The quantitative estimate of drug-likeness (QED) is 0.290. The zero-order valence-electron chi connectivity index (χ0n) is 22.7. The van der Waals surface area contributed by atoms with Gasteiger partial charge in [-0.2, -0.15) is 0 Å². The molecule has 354 valence electrons. The second kappa shape index (κ2) is 460. The molecule has 0 atom stereocenters. The molecule has 0 amide bonds. The number of benzene rings is 1. The molecule has 1 N–H and O–H groups in total. The zero-order valence-corrected chi connectivity index (χ0v) is 22.7. The Bertz CT molecular complexity index is 514. The van der Waals surface area contributed by atoms with Crippen molar-refractivity contribution in [1.82, 2.24) is 4.57 Å². The Balaban J connectivity index is -0.0000000137. The summed E-state index contributed by atoms with van der Waals surface area (Å²) >= 11 is 0. The lowest BCUT2D eigenvalue weighted by Crippen LogP contribution is -1.93. The molecule has 0 saturated heterocycles. The fraction of sp³-hybridized carbons (Fsp3) is 0.100. The normalized spacial score (nSPS) is 4.76. The lowest BCUT2D eigenvalue weighted by Gasteiger charge is -1.92. The maximum atomic E-state index is 10.8. The first-order chi connectivity index (χ1) is 26.2. The van der Waals surface area contributed by atoms with Gasteiger partial charge in [0.1, 0.15) is 0 Å². The van der Waals surface area contributed by atoms with Gasteiger partial charge in [-0.05, 0) is 6.07 Å². The molecule has 0 aliphatic rings. The van der Waals surface area contributed by atoms with Crippen molar-refractivity contribution in [2.24, 2.45) is 7.05 Å². The lowest BCUT2D eigenvalue weighted by molar-refractivity contribution is 0.0698. The number of carboxylic acids is 1. The number of hydrogen-bond donors (Lipinski definition) is 1. The number of halogens is 41. The van der Waals surface area contributed by atoms with Crippen molar-refractivity contribution in [3.63, 3.8) is 0 Å². The molecule has 3 nitrogen and oxygen atoms in total. The molecule has 1 heterocycles. The Morgan fingerprint density at radius 1 is 0.389 bits per heavy atom. The minimum absolute atomic E-state index is 0. The summed E-state index contributed by atoms with van der Waals surface area (Å²) in [4.78, 5) is 10.8. The number of rotatable bonds is 1. The van der Waals surface area contributed by atoms with Crippen molar-refractivity contribution < 1.29 is 198 Å². The molecule has 1 aromatic carbocycles. The van der Waals surface area contributed by atoms with Crippen LogP contribution in [-0.4, -0.2) is 15.6 Å². The van der Waals surface area contributed by atoms with Crippen LogP contribution in [0.3, 0.4) is 0 Å². The highest BCUT2D eigenvalue weighted by Gasteiger charge is 2.10. The van der Waals surface area contributed by atoms with Crippen LogP contribution in [-0.2, 0) is 7.05 Å². The van der Waals surface area contributed by atoms with Crippen molar-refractivity contribution in [3.05, 3.63) is 36.0 Å². The maximum Gasteiger partial charge on any atom is 0.337 e. The Hall–Kier alpha value is -4.64. The van der Waals surface area contributed by atoms with E-state index in [1.165, 1.54) is 0 Å². The van der Waals surface area contributed by atoms with E-state index in [2.05, 4.69) is 0 Å². The molecule has 2 rings (SSSR count). The standard InChI is InChI=1S/C10H9NO2.20F2.FH/c1-11-6-8(10(12)13)7-4-2-3-5-9(7)11;20*1-2;/h2-6H,1H3,(H,12,13);;;;;;;;;;;;;;;;;;;;;1H.